The van der Waals surface area contributed by atoms with Gasteiger partial charge in [0.1, 0.15) is 17.9 Å². The Morgan fingerprint density at radius 3 is 2.74 bits per heavy atom. The van der Waals surface area contributed by atoms with Crippen molar-refractivity contribution in [2.75, 3.05) is 19.7 Å². The van der Waals surface area contributed by atoms with Gasteiger partial charge >= 0.3 is 6.09 Å². The zero-order valence-corrected chi connectivity index (χ0v) is 12.0. The van der Waals surface area contributed by atoms with Crippen LogP contribution in [0.4, 0.5) is 9.18 Å². The lowest BCUT2D eigenvalue weighted by molar-refractivity contribution is 0.0140. The van der Waals surface area contributed by atoms with Gasteiger partial charge in [-0.05, 0) is 33.6 Å². The van der Waals surface area contributed by atoms with E-state index in [2.05, 4.69) is 6.58 Å². The van der Waals surface area contributed by atoms with Gasteiger partial charge in [0, 0.05) is 6.61 Å². The summed E-state index contributed by atoms with van der Waals surface area (Å²) >= 11 is 0. The fraction of sp³-hybridized carbons (Fsp3) is 0.786. The van der Waals surface area contributed by atoms with Gasteiger partial charge in [-0.15, -0.1) is 6.58 Å². The zero-order chi connectivity index (χ0) is 14.5. The molecule has 0 aromatic rings. The van der Waals surface area contributed by atoms with E-state index in [0.29, 0.717) is 6.61 Å². The van der Waals surface area contributed by atoms with Gasteiger partial charge in [0.05, 0.1) is 13.1 Å². The maximum atomic E-state index is 13.7. The van der Waals surface area contributed by atoms with Crippen LogP contribution in [0.1, 0.15) is 33.6 Å². The highest BCUT2D eigenvalue weighted by Gasteiger charge is 2.37. The zero-order valence-electron chi connectivity index (χ0n) is 12.0. The number of allylic oxidation sites excluding steroid dienone is 1. The van der Waals surface area contributed by atoms with Crippen LogP contribution in [0.25, 0.3) is 0 Å². The first-order chi connectivity index (χ1) is 8.83. The number of unbranched alkanes of at least 4 members (excludes halogenated alkanes) is 1. The number of likely N-dealkylation sites (tertiary alicyclic amines) is 1. The number of carbonyl (C=O) groups excluding carboxylic acids is 1. The van der Waals surface area contributed by atoms with E-state index in [1.165, 1.54) is 4.90 Å². The molecule has 4 nitrogen and oxygen atoms in total. The maximum Gasteiger partial charge on any atom is 0.410 e. The van der Waals surface area contributed by atoms with E-state index in [4.69, 9.17) is 9.47 Å². The normalized spacial score (nSPS) is 23.5. The average molecular weight is 273 g/mol. The molecule has 0 aromatic carbocycles. The maximum absolute atomic E-state index is 13.7. The molecule has 0 unspecified atom stereocenters. The summed E-state index contributed by atoms with van der Waals surface area (Å²) in [6, 6.07) is 0. The minimum absolute atomic E-state index is 0.0427. The molecule has 5 heteroatoms. The number of carbonyl (C=O) groups is 1. The first kappa shape index (κ1) is 16.0. The monoisotopic (exact) mass is 273 g/mol. The molecule has 0 N–H and O–H groups in total. The topological polar surface area (TPSA) is 38.8 Å². The molecule has 0 bridgehead atoms. The van der Waals surface area contributed by atoms with E-state index in [-0.39, 0.29) is 13.1 Å². The molecule has 1 aliphatic rings. The van der Waals surface area contributed by atoms with Gasteiger partial charge < -0.3 is 14.4 Å². The van der Waals surface area contributed by atoms with Crippen molar-refractivity contribution in [2.45, 2.75) is 51.5 Å². The standard InChI is InChI=1S/C14H24FNO3/c1-5-6-7-8-18-12-10-16(9-11(12)15)13(17)19-14(2,3)4/h5,11-12H,1,6-10H2,2-4H3/t11-,12-/m0/s1. The molecule has 1 aliphatic heterocycles. The molecular formula is C14H24FNO3. The van der Waals surface area contributed by atoms with Crippen molar-refractivity contribution in [3.05, 3.63) is 12.7 Å². The summed E-state index contributed by atoms with van der Waals surface area (Å²) in [7, 11) is 0. The molecule has 1 heterocycles. The summed E-state index contributed by atoms with van der Waals surface area (Å²) in [4.78, 5) is 13.2. The van der Waals surface area contributed by atoms with Crippen LogP contribution >= 0.6 is 0 Å². The number of hydrogen-bond donors (Lipinski definition) is 0. The van der Waals surface area contributed by atoms with Gasteiger partial charge in [-0.2, -0.15) is 0 Å². The van der Waals surface area contributed by atoms with Gasteiger partial charge in [0.15, 0.2) is 0 Å². The number of ether oxygens (including phenoxy) is 2. The second-order valence-electron chi connectivity index (χ2n) is 5.74. The molecule has 0 aliphatic carbocycles. The summed E-state index contributed by atoms with van der Waals surface area (Å²) in [5, 5.41) is 0. The van der Waals surface area contributed by atoms with E-state index in [0.717, 1.165) is 12.8 Å². The average Bonchev–Trinajstić information content (AvgIpc) is 2.64. The summed E-state index contributed by atoms with van der Waals surface area (Å²) in [5.41, 5.74) is -0.564. The SMILES string of the molecule is C=CCCCO[C@H]1CN(C(=O)OC(C)(C)C)C[C@@H]1F. The van der Waals surface area contributed by atoms with E-state index < -0.39 is 24.0 Å². The molecule has 1 amide bonds. The lowest BCUT2D eigenvalue weighted by Crippen LogP contribution is -2.36. The van der Waals surface area contributed by atoms with Crippen molar-refractivity contribution in [1.29, 1.82) is 0 Å². The van der Waals surface area contributed by atoms with Crippen molar-refractivity contribution in [1.82, 2.24) is 4.90 Å². The molecule has 0 aromatic heterocycles. The van der Waals surface area contributed by atoms with Crippen LogP contribution in [-0.2, 0) is 9.47 Å². The fourth-order valence-corrected chi connectivity index (χ4v) is 1.83. The molecule has 1 fully saturated rings. The van der Waals surface area contributed by atoms with Crippen LogP contribution in [0.15, 0.2) is 12.7 Å². The van der Waals surface area contributed by atoms with Crippen molar-refractivity contribution >= 4 is 6.09 Å². The number of nitrogens with zero attached hydrogens (tertiary/aromatic N) is 1. The lowest BCUT2D eigenvalue weighted by Gasteiger charge is -2.24. The summed E-state index contributed by atoms with van der Waals surface area (Å²) < 4.78 is 24.4. The highest BCUT2D eigenvalue weighted by atomic mass is 19.1. The van der Waals surface area contributed by atoms with Crippen LogP contribution in [0, 0.1) is 0 Å². The first-order valence-corrected chi connectivity index (χ1v) is 6.68. The third-order valence-corrected chi connectivity index (χ3v) is 2.73. The Bertz CT molecular complexity index is 314. The molecule has 1 rings (SSSR count). The van der Waals surface area contributed by atoms with Crippen molar-refractivity contribution in [2.24, 2.45) is 0 Å². The molecular weight excluding hydrogens is 249 g/mol. The third kappa shape index (κ3) is 5.59. The second kappa shape index (κ2) is 6.89. The van der Waals surface area contributed by atoms with Gasteiger partial charge in [-0.3, -0.25) is 0 Å². The van der Waals surface area contributed by atoms with Gasteiger partial charge in [-0.1, -0.05) is 6.08 Å². The fourth-order valence-electron chi connectivity index (χ4n) is 1.83. The number of amides is 1. The van der Waals surface area contributed by atoms with Gasteiger partial charge in [0.25, 0.3) is 0 Å². The van der Waals surface area contributed by atoms with Crippen molar-refractivity contribution in [3.63, 3.8) is 0 Å². The van der Waals surface area contributed by atoms with Gasteiger partial charge in [0.2, 0.25) is 0 Å². The summed E-state index contributed by atoms with van der Waals surface area (Å²) in [6.07, 6.45) is 1.30. The predicted molar refractivity (Wildman–Crippen MR) is 71.9 cm³/mol. The molecule has 1 saturated heterocycles. The molecule has 0 saturated carbocycles. The highest BCUT2D eigenvalue weighted by molar-refractivity contribution is 5.68. The molecule has 19 heavy (non-hydrogen) atoms. The van der Waals surface area contributed by atoms with Crippen molar-refractivity contribution in [3.8, 4) is 0 Å². The Labute approximate surface area is 114 Å². The Morgan fingerprint density at radius 1 is 1.47 bits per heavy atom. The Kier molecular flexibility index (Phi) is 5.79. The first-order valence-electron chi connectivity index (χ1n) is 6.68. The molecule has 0 spiro atoms. The Hall–Kier alpha value is -1.10. The molecule has 0 radical (unpaired) electrons. The lowest BCUT2D eigenvalue weighted by atomic mass is 10.2. The molecule has 2 atom stereocenters. The van der Waals surface area contributed by atoms with E-state index in [1.54, 1.807) is 26.8 Å². The smallest absolute Gasteiger partial charge is 0.410 e. The summed E-state index contributed by atoms with van der Waals surface area (Å²) in [5.74, 6) is 0. The quantitative estimate of drug-likeness (QED) is 0.571. The summed E-state index contributed by atoms with van der Waals surface area (Å²) in [6.45, 7) is 9.76. The van der Waals surface area contributed by atoms with Crippen LogP contribution in [-0.4, -0.2) is 48.6 Å². The highest BCUT2D eigenvalue weighted by Crippen LogP contribution is 2.20. The van der Waals surface area contributed by atoms with Gasteiger partial charge in [-0.25, -0.2) is 9.18 Å². The van der Waals surface area contributed by atoms with Crippen molar-refractivity contribution < 1.29 is 18.7 Å². The third-order valence-electron chi connectivity index (χ3n) is 2.73. The van der Waals surface area contributed by atoms with Crippen LogP contribution < -0.4 is 0 Å². The minimum Gasteiger partial charge on any atom is -0.444 e. The predicted octanol–water partition coefficient (Wildman–Crippen LogP) is 2.93. The molecule has 110 valence electrons. The van der Waals surface area contributed by atoms with Crippen LogP contribution in [0.5, 0.6) is 0 Å². The van der Waals surface area contributed by atoms with E-state index in [9.17, 15) is 9.18 Å². The number of hydrogen-bond acceptors (Lipinski definition) is 3. The van der Waals surface area contributed by atoms with E-state index in [1.807, 2.05) is 0 Å². The minimum atomic E-state index is -1.14. The number of rotatable bonds is 5. The Morgan fingerprint density at radius 2 is 2.16 bits per heavy atom. The second-order valence-corrected chi connectivity index (χ2v) is 5.74. The van der Waals surface area contributed by atoms with Crippen LogP contribution in [0.3, 0.4) is 0 Å². The number of alkyl halides is 1. The number of halogens is 1. The van der Waals surface area contributed by atoms with E-state index >= 15 is 0 Å². The Balaban J connectivity index is 2.37. The van der Waals surface area contributed by atoms with Crippen LogP contribution in [0.2, 0.25) is 0 Å². The largest absolute Gasteiger partial charge is 0.444 e.